The third-order valence-corrected chi connectivity index (χ3v) is 3.99. The van der Waals surface area contributed by atoms with Crippen LogP contribution >= 0.6 is 22.6 Å². The highest BCUT2D eigenvalue weighted by atomic mass is 127. The zero-order valence-corrected chi connectivity index (χ0v) is 11.4. The fourth-order valence-corrected chi connectivity index (χ4v) is 2.60. The zero-order chi connectivity index (χ0) is 10.7. The summed E-state index contributed by atoms with van der Waals surface area (Å²) in [6, 6.07) is 8.90. The Labute approximate surface area is 106 Å². The minimum atomic E-state index is 0.939. The Morgan fingerprint density at radius 3 is 2.67 bits per heavy atom. The molecule has 0 aliphatic carbocycles. The van der Waals surface area contributed by atoms with Gasteiger partial charge in [0.05, 0.1) is 0 Å². The molecule has 0 radical (unpaired) electrons. The smallest absolute Gasteiger partial charge is 0.0233 e. The van der Waals surface area contributed by atoms with E-state index in [0.717, 1.165) is 12.5 Å². The Kier molecular flexibility index (Phi) is 4.03. The van der Waals surface area contributed by atoms with Gasteiger partial charge in [-0.15, -0.1) is 0 Å². The first-order valence-electron chi connectivity index (χ1n) is 5.74. The van der Waals surface area contributed by atoms with Gasteiger partial charge in [-0.05, 0) is 59.2 Å². The average molecular weight is 315 g/mol. The molecule has 0 aromatic heterocycles. The van der Waals surface area contributed by atoms with E-state index in [4.69, 9.17) is 0 Å². The number of nitrogens with zero attached hydrogens (tertiary/aromatic N) is 1. The molecular weight excluding hydrogens is 297 g/mol. The Hall–Kier alpha value is -0.0900. The van der Waals surface area contributed by atoms with E-state index in [1.807, 2.05) is 0 Å². The lowest BCUT2D eigenvalue weighted by Gasteiger charge is -2.15. The van der Waals surface area contributed by atoms with Crippen molar-refractivity contribution >= 4 is 22.6 Å². The largest absolute Gasteiger partial charge is 0.299 e. The molecule has 0 amide bonds. The van der Waals surface area contributed by atoms with Gasteiger partial charge in [0.2, 0.25) is 0 Å². The van der Waals surface area contributed by atoms with Crippen molar-refractivity contribution in [3.05, 3.63) is 33.4 Å². The summed E-state index contributed by atoms with van der Waals surface area (Å²) < 4.78 is 1.32. The molecule has 0 saturated carbocycles. The average Bonchev–Trinajstić information content (AvgIpc) is 2.69. The maximum absolute atomic E-state index is 2.58. The van der Waals surface area contributed by atoms with Gasteiger partial charge < -0.3 is 0 Å². The first-order chi connectivity index (χ1) is 7.28. The Bertz CT molecular complexity index is 307. The van der Waals surface area contributed by atoms with Crippen LogP contribution in [0.4, 0.5) is 0 Å². The predicted octanol–water partition coefficient (Wildman–Crippen LogP) is 3.52. The minimum absolute atomic E-state index is 0.939. The number of halogens is 1. The number of likely N-dealkylation sites (tertiary alicyclic amines) is 1. The van der Waals surface area contributed by atoms with E-state index in [9.17, 15) is 0 Å². The third kappa shape index (κ3) is 3.18. The van der Waals surface area contributed by atoms with Gasteiger partial charge in [-0.25, -0.2) is 0 Å². The number of hydrogen-bond donors (Lipinski definition) is 0. The highest BCUT2D eigenvalue weighted by Gasteiger charge is 2.20. The van der Waals surface area contributed by atoms with Crippen LogP contribution in [0, 0.1) is 9.49 Å². The van der Waals surface area contributed by atoms with Crippen LogP contribution in [-0.2, 0) is 6.54 Å². The molecule has 1 unspecified atom stereocenters. The van der Waals surface area contributed by atoms with Gasteiger partial charge in [-0.2, -0.15) is 0 Å². The summed E-state index contributed by atoms with van der Waals surface area (Å²) in [5.74, 6) is 0.939. The van der Waals surface area contributed by atoms with Crippen molar-refractivity contribution < 1.29 is 0 Å². The van der Waals surface area contributed by atoms with Crippen molar-refractivity contribution in [1.82, 2.24) is 4.90 Å². The summed E-state index contributed by atoms with van der Waals surface area (Å²) >= 11 is 2.36. The molecule has 1 aromatic rings. The second-order valence-corrected chi connectivity index (χ2v) is 5.67. The standard InChI is InChI=1S/C13H18IN/c1-2-11-7-8-15(9-11)10-12-3-5-13(14)6-4-12/h3-6,11H,2,7-10H2,1H3. The van der Waals surface area contributed by atoms with Gasteiger partial charge in [0.1, 0.15) is 0 Å². The Balaban J connectivity index is 1.90. The van der Waals surface area contributed by atoms with Gasteiger partial charge in [0, 0.05) is 16.7 Å². The van der Waals surface area contributed by atoms with Gasteiger partial charge in [0.25, 0.3) is 0 Å². The van der Waals surface area contributed by atoms with Crippen LogP contribution in [0.15, 0.2) is 24.3 Å². The van der Waals surface area contributed by atoms with Crippen molar-refractivity contribution in [2.45, 2.75) is 26.3 Å². The molecule has 82 valence electrons. The maximum Gasteiger partial charge on any atom is 0.0233 e. The number of rotatable bonds is 3. The van der Waals surface area contributed by atoms with Crippen LogP contribution in [-0.4, -0.2) is 18.0 Å². The van der Waals surface area contributed by atoms with E-state index < -0.39 is 0 Å². The van der Waals surface area contributed by atoms with E-state index >= 15 is 0 Å². The lowest BCUT2D eigenvalue weighted by atomic mass is 10.1. The molecule has 1 aliphatic rings. The van der Waals surface area contributed by atoms with Crippen LogP contribution in [0.1, 0.15) is 25.3 Å². The molecule has 0 bridgehead atoms. The van der Waals surface area contributed by atoms with E-state index in [2.05, 4.69) is 58.7 Å². The molecule has 2 heteroatoms. The fourth-order valence-electron chi connectivity index (χ4n) is 2.24. The molecule has 1 fully saturated rings. The molecule has 1 atom stereocenters. The predicted molar refractivity (Wildman–Crippen MR) is 72.8 cm³/mol. The van der Waals surface area contributed by atoms with E-state index in [1.54, 1.807) is 0 Å². The normalized spacial score (nSPS) is 22.1. The molecule has 1 aliphatic heterocycles. The minimum Gasteiger partial charge on any atom is -0.299 e. The van der Waals surface area contributed by atoms with E-state index in [-0.39, 0.29) is 0 Å². The van der Waals surface area contributed by atoms with E-state index in [0.29, 0.717) is 0 Å². The second kappa shape index (κ2) is 5.30. The first kappa shape index (κ1) is 11.4. The van der Waals surface area contributed by atoms with Gasteiger partial charge >= 0.3 is 0 Å². The second-order valence-electron chi connectivity index (χ2n) is 4.42. The molecule has 2 rings (SSSR count). The van der Waals surface area contributed by atoms with Crippen molar-refractivity contribution in [3.63, 3.8) is 0 Å². The topological polar surface area (TPSA) is 3.24 Å². The van der Waals surface area contributed by atoms with Gasteiger partial charge in [-0.1, -0.05) is 25.5 Å². The summed E-state index contributed by atoms with van der Waals surface area (Å²) in [4.78, 5) is 2.58. The van der Waals surface area contributed by atoms with Crippen LogP contribution in [0.25, 0.3) is 0 Å². The molecule has 1 aromatic carbocycles. The van der Waals surface area contributed by atoms with Crippen molar-refractivity contribution in [3.8, 4) is 0 Å². The summed E-state index contributed by atoms with van der Waals surface area (Å²) in [5.41, 5.74) is 1.45. The molecule has 15 heavy (non-hydrogen) atoms. The Morgan fingerprint density at radius 1 is 1.33 bits per heavy atom. The van der Waals surface area contributed by atoms with Crippen LogP contribution in [0.5, 0.6) is 0 Å². The van der Waals surface area contributed by atoms with Crippen LogP contribution in [0.2, 0.25) is 0 Å². The van der Waals surface area contributed by atoms with Crippen LogP contribution in [0.3, 0.4) is 0 Å². The summed E-state index contributed by atoms with van der Waals surface area (Å²) in [7, 11) is 0. The summed E-state index contributed by atoms with van der Waals surface area (Å²) in [6.07, 6.45) is 2.73. The summed E-state index contributed by atoms with van der Waals surface area (Å²) in [6.45, 7) is 6.01. The lowest BCUT2D eigenvalue weighted by molar-refractivity contribution is 0.315. The zero-order valence-electron chi connectivity index (χ0n) is 9.25. The highest BCUT2D eigenvalue weighted by Crippen LogP contribution is 2.21. The number of benzene rings is 1. The monoisotopic (exact) mass is 315 g/mol. The molecule has 0 N–H and O–H groups in total. The van der Waals surface area contributed by atoms with Crippen LogP contribution < -0.4 is 0 Å². The van der Waals surface area contributed by atoms with Gasteiger partial charge in [0.15, 0.2) is 0 Å². The van der Waals surface area contributed by atoms with Crippen molar-refractivity contribution in [2.24, 2.45) is 5.92 Å². The fraction of sp³-hybridized carbons (Fsp3) is 0.538. The van der Waals surface area contributed by atoms with Crippen molar-refractivity contribution in [2.75, 3.05) is 13.1 Å². The SMILES string of the molecule is CCC1CCN(Cc2ccc(I)cc2)C1. The first-order valence-corrected chi connectivity index (χ1v) is 6.82. The third-order valence-electron chi connectivity index (χ3n) is 3.27. The molecule has 0 spiro atoms. The van der Waals surface area contributed by atoms with Gasteiger partial charge in [-0.3, -0.25) is 4.90 Å². The molecule has 1 heterocycles. The maximum atomic E-state index is 2.58. The quantitative estimate of drug-likeness (QED) is 0.772. The number of hydrogen-bond acceptors (Lipinski definition) is 1. The molecule has 1 saturated heterocycles. The lowest BCUT2D eigenvalue weighted by Crippen LogP contribution is -2.19. The van der Waals surface area contributed by atoms with E-state index in [1.165, 1.54) is 35.1 Å². The van der Waals surface area contributed by atoms with Crippen molar-refractivity contribution in [1.29, 1.82) is 0 Å². The Morgan fingerprint density at radius 2 is 2.07 bits per heavy atom. The highest BCUT2D eigenvalue weighted by molar-refractivity contribution is 14.1. The molecule has 1 nitrogen and oxygen atoms in total. The summed E-state index contributed by atoms with van der Waals surface area (Å²) in [5, 5.41) is 0. The molecular formula is C13H18IN.